The number of nitrogens with one attached hydrogen (secondary N) is 1. The highest BCUT2D eigenvalue weighted by molar-refractivity contribution is 8.14. The largest absolute Gasteiger partial charge is 0.315 e. The Morgan fingerprint density at radius 3 is 2.65 bits per heavy atom. The zero-order valence-corrected chi connectivity index (χ0v) is 12.0. The summed E-state index contributed by atoms with van der Waals surface area (Å²) in [5, 5.41) is 7.96. The van der Waals surface area contributed by atoms with E-state index in [1.807, 2.05) is 30.3 Å². The first-order valence-electron chi connectivity index (χ1n) is 5.99. The number of carbonyl (C=O) groups excluding carboxylic acids is 2. The Kier molecular flexibility index (Phi) is 4.41. The van der Waals surface area contributed by atoms with Gasteiger partial charge in [-0.1, -0.05) is 30.0 Å². The lowest BCUT2D eigenvalue weighted by atomic mass is 10.2. The number of nitrogens with zero attached hydrogens (tertiary/aromatic N) is 2. The molecular weight excluding hydrogens is 278 g/mol. The fourth-order valence-electron chi connectivity index (χ4n) is 1.90. The van der Waals surface area contributed by atoms with Gasteiger partial charge in [-0.15, -0.1) is 0 Å². The predicted octanol–water partition coefficient (Wildman–Crippen LogP) is 1.48. The number of amides is 2. The smallest absolute Gasteiger partial charge is 0.254 e. The second-order valence-electron chi connectivity index (χ2n) is 4.22. The van der Waals surface area contributed by atoms with Crippen LogP contribution in [-0.4, -0.2) is 41.5 Å². The van der Waals surface area contributed by atoms with Crippen LogP contribution in [0.4, 0.5) is 5.69 Å². The van der Waals surface area contributed by atoms with Crippen molar-refractivity contribution in [3.63, 3.8) is 0 Å². The summed E-state index contributed by atoms with van der Waals surface area (Å²) in [6.45, 7) is 0. The van der Waals surface area contributed by atoms with Crippen molar-refractivity contribution in [2.75, 3.05) is 19.1 Å². The van der Waals surface area contributed by atoms with E-state index in [0.29, 0.717) is 0 Å². The molecule has 2 rings (SSSR count). The molecule has 0 spiro atoms. The quantitative estimate of drug-likeness (QED) is 0.916. The van der Waals surface area contributed by atoms with E-state index in [2.05, 4.69) is 0 Å². The molecule has 1 fully saturated rings. The molecule has 1 saturated heterocycles. The number of hydrogen-bond acceptors (Lipinski definition) is 5. The average molecular weight is 293 g/mol. The van der Waals surface area contributed by atoms with E-state index in [0.717, 1.165) is 22.5 Å². The van der Waals surface area contributed by atoms with E-state index >= 15 is 0 Å². The lowest BCUT2D eigenvalue weighted by molar-refractivity contribution is -0.156. The Morgan fingerprint density at radius 2 is 2.10 bits per heavy atom. The molecule has 0 aliphatic carbocycles. The van der Waals surface area contributed by atoms with Crippen LogP contribution < -0.4 is 4.90 Å². The minimum Gasteiger partial charge on any atom is -0.315 e. The zero-order chi connectivity index (χ0) is 14.7. The average Bonchev–Trinajstić information content (AvgIpc) is 2.46. The van der Waals surface area contributed by atoms with Crippen molar-refractivity contribution >= 4 is 34.4 Å². The molecule has 1 aromatic carbocycles. The summed E-state index contributed by atoms with van der Waals surface area (Å²) in [5.74, 6) is -0.578. The van der Waals surface area contributed by atoms with Crippen LogP contribution in [0.3, 0.4) is 0 Å². The van der Waals surface area contributed by atoms with Gasteiger partial charge in [0.15, 0.2) is 5.17 Å². The van der Waals surface area contributed by atoms with Crippen LogP contribution >= 0.6 is 11.8 Å². The first-order chi connectivity index (χ1) is 9.54. The van der Waals surface area contributed by atoms with Gasteiger partial charge in [0.2, 0.25) is 5.91 Å². The molecular formula is C13H15N3O3S. The first kappa shape index (κ1) is 14.5. The number of thioether (sulfide) groups is 1. The molecule has 106 valence electrons. The van der Waals surface area contributed by atoms with Gasteiger partial charge >= 0.3 is 0 Å². The molecule has 1 atom stereocenters. The number of amidine groups is 1. The van der Waals surface area contributed by atoms with Crippen LogP contribution in [0.15, 0.2) is 30.3 Å². The van der Waals surface area contributed by atoms with E-state index < -0.39 is 5.25 Å². The number of benzene rings is 1. The highest BCUT2D eigenvalue weighted by atomic mass is 32.2. The maximum atomic E-state index is 12.4. The highest BCUT2D eigenvalue weighted by Gasteiger charge is 2.37. The highest BCUT2D eigenvalue weighted by Crippen LogP contribution is 2.28. The fraction of sp³-hybridized carbons (Fsp3) is 0.308. The molecule has 1 unspecified atom stereocenters. The minimum absolute atomic E-state index is 0.0247. The molecule has 7 heteroatoms. The molecule has 0 bridgehead atoms. The van der Waals surface area contributed by atoms with Gasteiger partial charge in [-0.25, -0.2) is 0 Å². The van der Waals surface area contributed by atoms with Crippen LogP contribution in [0, 0.1) is 5.41 Å². The molecule has 0 radical (unpaired) electrons. The van der Waals surface area contributed by atoms with Crippen molar-refractivity contribution in [2.24, 2.45) is 0 Å². The number of carbonyl (C=O) groups is 2. The van der Waals surface area contributed by atoms with Crippen LogP contribution in [-0.2, 0) is 14.4 Å². The molecule has 1 N–H and O–H groups in total. The summed E-state index contributed by atoms with van der Waals surface area (Å²) in [6, 6.07) is 9.19. The number of hydroxylamine groups is 2. The first-order valence-corrected chi connectivity index (χ1v) is 6.87. The van der Waals surface area contributed by atoms with Crippen molar-refractivity contribution in [3.8, 4) is 0 Å². The summed E-state index contributed by atoms with van der Waals surface area (Å²) in [7, 11) is 2.99. The Labute approximate surface area is 121 Å². The molecule has 1 aromatic rings. The van der Waals surface area contributed by atoms with Crippen molar-refractivity contribution in [1.82, 2.24) is 5.06 Å². The van der Waals surface area contributed by atoms with E-state index in [1.54, 1.807) is 7.05 Å². The molecule has 0 saturated carbocycles. The summed E-state index contributed by atoms with van der Waals surface area (Å²) >= 11 is 1.03. The summed E-state index contributed by atoms with van der Waals surface area (Å²) < 4.78 is 0. The van der Waals surface area contributed by atoms with Gasteiger partial charge in [0.05, 0.1) is 13.5 Å². The number of anilines is 1. The van der Waals surface area contributed by atoms with Gasteiger partial charge in [-0.3, -0.25) is 19.8 Å². The second kappa shape index (κ2) is 6.06. The van der Waals surface area contributed by atoms with Gasteiger partial charge in [0.25, 0.3) is 5.91 Å². The molecule has 2 amide bonds. The molecule has 1 aliphatic rings. The van der Waals surface area contributed by atoms with Crippen LogP contribution in [0.5, 0.6) is 0 Å². The maximum Gasteiger partial charge on any atom is 0.254 e. The third-order valence-corrected chi connectivity index (χ3v) is 4.00. The number of hydrogen-bond donors (Lipinski definition) is 1. The van der Waals surface area contributed by atoms with Crippen molar-refractivity contribution in [3.05, 3.63) is 30.3 Å². The molecule has 20 heavy (non-hydrogen) atoms. The predicted molar refractivity (Wildman–Crippen MR) is 77.4 cm³/mol. The lowest BCUT2D eigenvalue weighted by Gasteiger charge is -2.30. The lowest BCUT2D eigenvalue weighted by Crippen LogP contribution is -2.46. The monoisotopic (exact) mass is 293 g/mol. The Balaban J connectivity index is 2.11. The SMILES string of the molecule is CON1C(=N)SC(C(=O)N(C)c2ccccc2)CC1=O. The Hall–Kier alpha value is -1.86. The Bertz CT molecular complexity index is 517. The minimum atomic E-state index is -0.591. The second-order valence-corrected chi connectivity index (χ2v) is 5.41. The Morgan fingerprint density at radius 1 is 1.45 bits per heavy atom. The molecule has 6 nitrogen and oxygen atoms in total. The van der Waals surface area contributed by atoms with E-state index in [4.69, 9.17) is 10.2 Å². The molecule has 1 heterocycles. The van der Waals surface area contributed by atoms with Gasteiger partial charge in [0, 0.05) is 12.7 Å². The summed E-state index contributed by atoms with van der Waals surface area (Å²) in [4.78, 5) is 30.5. The number of rotatable bonds is 3. The van der Waals surface area contributed by atoms with E-state index in [-0.39, 0.29) is 23.4 Å². The standard InChI is InChI=1S/C13H15N3O3S/c1-15(9-6-4-3-5-7-9)12(18)10-8-11(17)16(19-2)13(14)20-10/h3-7,10,14H,8H2,1-2H3. The van der Waals surface area contributed by atoms with Gasteiger partial charge in [-0.2, -0.15) is 5.06 Å². The zero-order valence-electron chi connectivity index (χ0n) is 11.2. The van der Waals surface area contributed by atoms with Crippen molar-refractivity contribution in [2.45, 2.75) is 11.7 Å². The third kappa shape index (κ3) is 2.83. The van der Waals surface area contributed by atoms with Crippen LogP contribution in [0.1, 0.15) is 6.42 Å². The molecule has 1 aliphatic heterocycles. The third-order valence-electron chi connectivity index (χ3n) is 2.96. The van der Waals surface area contributed by atoms with Crippen molar-refractivity contribution in [1.29, 1.82) is 5.41 Å². The van der Waals surface area contributed by atoms with Crippen molar-refractivity contribution < 1.29 is 14.4 Å². The van der Waals surface area contributed by atoms with E-state index in [1.165, 1.54) is 12.0 Å². The van der Waals surface area contributed by atoms with Gasteiger partial charge in [0.1, 0.15) is 5.25 Å². The van der Waals surface area contributed by atoms with Gasteiger partial charge in [-0.05, 0) is 12.1 Å². The van der Waals surface area contributed by atoms with Crippen LogP contribution in [0.25, 0.3) is 0 Å². The molecule has 0 aromatic heterocycles. The summed E-state index contributed by atoms with van der Waals surface area (Å²) in [6.07, 6.45) is 0.0247. The topological polar surface area (TPSA) is 73.7 Å². The summed E-state index contributed by atoms with van der Waals surface area (Å²) in [5.41, 5.74) is 0.756. The maximum absolute atomic E-state index is 12.4. The van der Waals surface area contributed by atoms with Gasteiger partial charge < -0.3 is 4.90 Å². The fourth-order valence-corrected chi connectivity index (χ4v) is 2.92. The normalized spacial score (nSPS) is 19.1. The number of para-hydroxylation sites is 1. The van der Waals surface area contributed by atoms with E-state index in [9.17, 15) is 9.59 Å². The van der Waals surface area contributed by atoms with Crippen LogP contribution in [0.2, 0.25) is 0 Å².